The van der Waals surface area contributed by atoms with Gasteiger partial charge in [0.15, 0.2) is 0 Å². The number of hydrogen-bond acceptors (Lipinski definition) is 4. The van der Waals surface area contributed by atoms with Crippen LogP contribution in [-0.2, 0) is 0 Å². The number of unbranched alkanes of at least 4 members (excludes halogenated alkanes) is 2. The number of nitrogens with zero attached hydrogens (tertiary/aromatic N) is 2. The molecule has 2 rings (SSSR count). The molecule has 0 aliphatic carbocycles. The van der Waals surface area contributed by atoms with Gasteiger partial charge in [0.05, 0.1) is 13.3 Å². The summed E-state index contributed by atoms with van der Waals surface area (Å²) < 4.78 is 6.46. The van der Waals surface area contributed by atoms with Gasteiger partial charge >= 0.3 is 0 Å². The van der Waals surface area contributed by atoms with Crippen molar-refractivity contribution >= 4 is 33.6 Å². The summed E-state index contributed by atoms with van der Waals surface area (Å²) in [5.74, 6) is 1.19. The number of nitrogens with two attached hydrogens (primary N) is 1. The highest BCUT2D eigenvalue weighted by Crippen LogP contribution is 2.28. The largest absolute Gasteiger partial charge is 0.497 e. The molecule has 118 valence electrons. The van der Waals surface area contributed by atoms with Gasteiger partial charge in [-0.25, -0.2) is 5.43 Å². The number of hydrazone groups is 1. The lowest BCUT2D eigenvalue weighted by molar-refractivity contribution is 0.415. The van der Waals surface area contributed by atoms with Crippen LogP contribution in [0.15, 0.2) is 33.7 Å². The first-order chi connectivity index (χ1) is 10.7. The highest BCUT2D eigenvalue weighted by Gasteiger charge is 2.03. The van der Waals surface area contributed by atoms with E-state index in [2.05, 4.69) is 27.8 Å². The average molecular weight is 318 g/mol. The molecule has 0 spiro atoms. The second-order valence-corrected chi connectivity index (χ2v) is 5.81. The van der Waals surface area contributed by atoms with E-state index in [0.29, 0.717) is 5.96 Å². The molecule has 0 atom stereocenters. The summed E-state index contributed by atoms with van der Waals surface area (Å²) in [7, 11) is 1.67. The molecule has 1 aromatic heterocycles. The van der Waals surface area contributed by atoms with Gasteiger partial charge < -0.3 is 10.5 Å². The fourth-order valence-corrected chi connectivity index (χ4v) is 2.91. The normalized spacial score (nSPS) is 12.2. The van der Waals surface area contributed by atoms with E-state index in [-0.39, 0.29) is 0 Å². The van der Waals surface area contributed by atoms with Gasteiger partial charge in [-0.2, -0.15) is 5.10 Å². The van der Waals surface area contributed by atoms with Crippen molar-refractivity contribution in [2.45, 2.75) is 26.2 Å². The second-order valence-electron chi connectivity index (χ2n) is 4.90. The minimum Gasteiger partial charge on any atom is -0.497 e. The molecule has 0 fully saturated rings. The van der Waals surface area contributed by atoms with Crippen molar-refractivity contribution in [2.24, 2.45) is 15.8 Å². The molecule has 0 saturated heterocycles. The molecule has 0 amide bonds. The summed E-state index contributed by atoms with van der Waals surface area (Å²) in [5, 5.41) is 7.33. The first-order valence-corrected chi connectivity index (χ1v) is 8.26. The average Bonchev–Trinajstić information content (AvgIpc) is 2.94. The summed E-state index contributed by atoms with van der Waals surface area (Å²) >= 11 is 1.68. The third kappa shape index (κ3) is 4.46. The molecule has 0 saturated carbocycles. The zero-order valence-electron chi connectivity index (χ0n) is 13.0. The number of benzene rings is 1. The maximum absolute atomic E-state index is 5.76. The molecule has 3 N–H and O–H groups in total. The minimum absolute atomic E-state index is 0.351. The Morgan fingerprint density at radius 2 is 2.27 bits per heavy atom. The van der Waals surface area contributed by atoms with Crippen LogP contribution >= 0.6 is 11.3 Å². The van der Waals surface area contributed by atoms with Crippen molar-refractivity contribution in [2.75, 3.05) is 13.7 Å². The molecule has 1 aromatic carbocycles. The fraction of sp³-hybridized carbons (Fsp3) is 0.375. The number of guanidine groups is 1. The lowest BCUT2D eigenvalue weighted by atomic mass is 10.2. The Bertz CT molecular complexity index is 663. The molecule has 0 aliphatic rings. The SMILES string of the molecule is CCCCCN=C(N)N/N=C/c1csc2ccc(OC)cc12. The van der Waals surface area contributed by atoms with Crippen molar-refractivity contribution in [1.82, 2.24) is 5.43 Å². The Balaban J connectivity index is 1.98. The number of hydrogen-bond donors (Lipinski definition) is 2. The van der Waals surface area contributed by atoms with Gasteiger partial charge in [-0.1, -0.05) is 19.8 Å². The van der Waals surface area contributed by atoms with E-state index >= 15 is 0 Å². The van der Waals surface area contributed by atoms with Crippen LogP contribution in [0, 0.1) is 0 Å². The third-order valence-corrected chi connectivity index (χ3v) is 4.22. The van der Waals surface area contributed by atoms with Crippen LogP contribution < -0.4 is 15.9 Å². The van der Waals surface area contributed by atoms with Gasteiger partial charge in [-0.3, -0.25) is 4.99 Å². The van der Waals surface area contributed by atoms with Crippen molar-refractivity contribution in [3.8, 4) is 5.75 Å². The molecular formula is C16H22N4OS. The summed E-state index contributed by atoms with van der Waals surface area (Å²) in [4.78, 5) is 4.22. The van der Waals surface area contributed by atoms with Crippen LogP contribution in [0.3, 0.4) is 0 Å². The van der Waals surface area contributed by atoms with E-state index in [1.807, 2.05) is 18.2 Å². The van der Waals surface area contributed by atoms with Crippen molar-refractivity contribution in [1.29, 1.82) is 0 Å². The zero-order chi connectivity index (χ0) is 15.8. The summed E-state index contributed by atoms with van der Waals surface area (Å²) in [5.41, 5.74) is 9.56. The van der Waals surface area contributed by atoms with E-state index in [4.69, 9.17) is 10.5 Å². The van der Waals surface area contributed by atoms with Gasteiger partial charge in [0.25, 0.3) is 0 Å². The molecule has 6 heteroatoms. The number of nitrogens with one attached hydrogen (secondary N) is 1. The quantitative estimate of drug-likeness (QED) is 0.356. The van der Waals surface area contributed by atoms with E-state index < -0.39 is 0 Å². The third-order valence-electron chi connectivity index (χ3n) is 3.24. The highest BCUT2D eigenvalue weighted by atomic mass is 32.1. The standard InChI is InChI=1S/C16H22N4OS/c1-3-4-5-8-18-16(17)20-19-10-12-11-22-15-7-6-13(21-2)9-14(12)15/h6-7,9-11H,3-5,8H2,1-2H3,(H3,17,18,20)/b19-10+. The number of ether oxygens (including phenoxy) is 1. The van der Waals surface area contributed by atoms with Crippen molar-refractivity contribution in [3.63, 3.8) is 0 Å². The lowest BCUT2D eigenvalue weighted by Gasteiger charge is -2.00. The van der Waals surface area contributed by atoms with E-state index in [0.717, 1.165) is 29.7 Å². The number of fused-ring (bicyclic) bond motifs is 1. The summed E-state index contributed by atoms with van der Waals surface area (Å²) in [6.45, 7) is 2.90. The fourth-order valence-electron chi connectivity index (χ4n) is 2.02. The van der Waals surface area contributed by atoms with Gasteiger partial charge in [0, 0.05) is 27.6 Å². The molecule has 1 heterocycles. The van der Waals surface area contributed by atoms with Crippen LogP contribution in [-0.4, -0.2) is 25.8 Å². The predicted octanol–water partition coefficient (Wildman–Crippen LogP) is 3.34. The van der Waals surface area contributed by atoms with Crippen LogP contribution in [0.4, 0.5) is 0 Å². The van der Waals surface area contributed by atoms with Gasteiger partial charge in [0.2, 0.25) is 5.96 Å². The Hall–Kier alpha value is -2.08. The predicted molar refractivity (Wildman–Crippen MR) is 95.1 cm³/mol. The van der Waals surface area contributed by atoms with Crippen molar-refractivity contribution < 1.29 is 4.74 Å². The smallest absolute Gasteiger partial charge is 0.209 e. The Labute approximate surface area is 134 Å². The van der Waals surface area contributed by atoms with Crippen molar-refractivity contribution in [3.05, 3.63) is 29.1 Å². The zero-order valence-corrected chi connectivity index (χ0v) is 13.8. The van der Waals surface area contributed by atoms with Gasteiger partial charge in [0.1, 0.15) is 5.75 Å². The molecular weight excluding hydrogens is 296 g/mol. The van der Waals surface area contributed by atoms with Crippen LogP contribution in [0.1, 0.15) is 31.7 Å². The van der Waals surface area contributed by atoms with E-state index in [1.54, 1.807) is 24.7 Å². The van der Waals surface area contributed by atoms with Gasteiger partial charge in [-0.05, 0) is 24.6 Å². The number of thiophene rings is 1. The van der Waals surface area contributed by atoms with Crippen LogP contribution in [0.5, 0.6) is 5.75 Å². The van der Waals surface area contributed by atoms with E-state index in [9.17, 15) is 0 Å². The highest BCUT2D eigenvalue weighted by molar-refractivity contribution is 7.17. The first kappa shape index (κ1) is 16.3. The Morgan fingerprint density at radius 1 is 1.41 bits per heavy atom. The monoisotopic (exact) mass is 318 g/mol. The summed E-state index contributed by atoms with van der Waals surface area (Å²) in [6, 6.07) is 6.02. The van der Waals surface area contributed by atoms with Gasteiger partial charge in [-0.15, -0.1) is 11.3 Å². The molecule has 0 radical (unpaired) electrons. The number of methoxy groups -OCH3 is 1. The Morgan fingerprint density at radius 3 is 3.05 bits per heavy atom. The van der Waals surface area contributed by atoms with Crippen LogP contribution in [0.2, 0.25) is 0 Å². The van der Waals surface area contributed by atoms with E-state index in [1.165, 1.54) is 17.5 Å². The number of rotatable bonds is 7. The molecule has 5 nitrogen and oxygen atoms in total. The molecule has 0 bridgehead atoms. The molecule has 2 aromatic rings. The minimum atomic E-state index is 0.351. The molecule has 22 heavy (non-hydrogen) atoms. The lowest BCUT2D eigenvalue weighted by Crippen LogP contribution is -2.27. The summed E-state index contributed by atoms with van der Waals surface area (Å²) in [6.07, 6.45) is 5.16. The maximum Gasteiger partial charge on any atom is 0.209 e. The van der Waals surface area contributed by atoms with Crippen LogP contribution in [0.25, 0.3) is 10.1 Å². The Kier molecular flexibility index (Phi) is 6.21. The number of aliphatic imine (C=N–C) groups is 1. The topological polar surface area (TPSA) is 72.0 Å². The first-order valence-electron chi connectivity index (χ1n) is 7.39. The molecule has 0 aliphatic heterocycles. The molecule has 0 unspecified atom stereocenters. The second kappa shape index (κ2) is 8.38. The maximum atomic E-state index is 5.76.